The molecule has 0 bridgehead atoms. The Kier molecular flexibility index (Phi) is 2.01. The molecule has 0 aliphatic carbocycles. The number of rotatable bonds is 0. The van der Waals surface area contributed by atoms with Crippen molar-refractivity contribution in [3.8, 4) is 0 Å². The summed E-state index contributed by atoms with van der Waals surface area (Å²) in [5.74, 6) is 5.09. The summed E-state index contributed by atoms with van der Waals surface area (Å²) in [6.07, 6.45) is 0. The van der Waals surface area contributed by atoms with Crippen molar-refractivity contribution >= 4 is 17.4 Å². The van der Waals surface area contributed by atoms with E-state index >= 15 is 0 Å². The van der Waals surface area contributed by atoms with Gasteiger partial charge in [0.15, 0.2) is 0 Å². The highest BCUT2D eigenvalue weighted by Gasteiger charge is 2.26. The highest BCUT2D eigenvalue weighted by atomic mass is 16.2. The molecule has 1 heterocycles. The highest BCUT2D eigenvalue weighted by Crippen LogP contribution is 2.34. The number of hydrogen-bond acceptors (Lipinski definition) is 3. The number of anilines is 2. The van der Waals surface area contributed by atoms with Crippen LogP contribution in [0.2, 0.25) is 0 Å². The van der Waals surface area contributed by atoms with Gasteiger partial charge in [-0.05, 0) is 12.1 Å². The Morgan fingerprint density at radius 3 is 2.71 bits per heavy atom. The summed E-state index contributed by atoms with van der Waals surface area (Å²) in [6.45, 7) is 0.530. The summed E-state index contributed by atoms with van der Waals surface area (Å²) < 4.78 is 0. The average Bonchev–Trinajstić information content (AvgIpc) is 2.56. The van der Waals surface area contributed by atoms with Gasteiger partial charge < -0.3 is 4.90 Å². The van der Waals surface area contributed by atoms with Crippen LogP contribution in [-0.4, -0.2) is 19.7 Å². The second-order valence-electron chi connectivity index (χ2n) is 3.21. The number of nitrogens with zero attached hydrogens (tertiary/aromatic N) is 2. The van der Waals surface area contributed by atoms with E-state index < -0.39 is 0 Å². The monoisotopic (exact) mass is 192 g/mol. The first kappa shape index (κ1) is 8.83. The fourth-order valence-electron chi connectivity index (χ4n) is 1.63. The zero-order valence-electron chi connectivity index (χ0n) is 7.90. The van der Waals surface area contributed by atoms with E-state index in [1.165, 1.54) is 0 Å². The third-order valence-corrected chi connectivity index (χ3v) is 2.31. The van der Waals surface area contributed by atoms with Gasteiger partial charge in [0.25, 0.3) is 0 Å². The minimum Gasteiger partial charge on any atom is -0.355 e. The first-order chi connectivity index (χ1) is 6.74. The summed E-state index contributed by atoms with van der Waals surface area (Å²) in [7, 11) is 1.93. The number of hydrogen-bond donors (Lipinski definition) is 2. The van der Waals surface area contributed by atoms with Crippen molar-refractivity contribution in [3.05, 3.63) is 24.3 Å². The maximum absolute atomic E-state index is 11.4. The van der Waals surface area contributed by atoms with Gasteiger partial charge in [-0.2, -0.15) is 0 Å². The summed E-state index contributed by atoms with van der Waals surface area (Å²) in [4.78, 5) is 15.0. The van der Waals surface area contributed by atoms with Crippen LogP contribution in [0.5, 0.6) is 0 Å². The number of amides is 2. The fraction of sp³-hybridized carbons (Fsp3) is 0.222. The van der Waals surface area contributed by atoms with Gasteiger partial charge in [-0.1, -0.05) is 12.1 Å². The second-order valence-corrected chi connectivity index (χ2v) is 3.21. The van der Waals surface area contributed by atoms with E-state index in [2.05, 4.69) is 5.43 Å². The van der Waals surface area contributed by atoms with Gasteiger partial charge in [0.1, 0.15) is 0 Å². The van der Waals surface area contributed by atoms with Crippen LogP contribution >= 0.6 is 0 Å². The molecule has 2 rings (SSSR count). The SMILES string of the molecule is CN1CN(C(=O)NN)c2ccccc21. The first-order valence-electron chi connectivity index (χ1n) is 4.32. The molecule has 0 saturated carbocycles. The topological polar surface area (TPSA) is 61.6 Å². The predicted octanol–water partition coefficient (Wildman–Crippen LogP) is 0.484. The molecular formula is C9H12N4O. The number of benzene rings is 1. The summed E-state index contributed by atoms with van der Waals surface area (Å²) in [5, 5.41) is 0. The second kappa shape index (κ2) is 3.19. The molecule has 74 valence electrons. The number of hydrazine groups is 1. The van der Waals surface area contributed by atoms with E-state index in [1.807, 2.05) is 36.2 Å². The van der Waals surface area contributed by atoms with Gasteiger partial charge in [0, 0.05) is 7.05 Å². The van der Waals surface area contributed by atoms with E-state index in [0.717, 1.165) is 11.4 Å². The molecule has 0 aromatic heterocycles. The third kappa shape index (κ3) is 1.18. The van der Waals surface area contributed by atoms with Crippen molar-refractivity contribution in [2.24, 2.45) is 5.84 Å². The summed E-state index contributed by atoms with van der Waals surface area (Å²) >= 11 is 0. The minimum absolute atomic E-state index is 0.290. The molecule has 14 heavy (non-hydrogen) atoms. The molecular weight excluding hydrogens is 180 g/mol. The average molecular weight is 192 g/mol. The van der Waals surface area contributed by atoms with Crippen LogP contribution in [-0.2, 0) is 0 Å². The summed E-state index contributed by atoms with van der Waals surface area (Å²) in [5.41, 5.74) is 4.05. The molecule has 1 aliphatic heterocycles. The number of fused-ring (bicyclic) bond motifs is 1. The van der Waals surface area contributed by atoms with Crippen molar-refractivity contribution < 1.29 is 4.79 Å². The molecule has 0 atom stereocenters. The Bertz CT molecular complexity index is 366. The molecule has 0 spiro atoms. The molecule has 5 heteroatoms. The lowest BCUT2D eigenvalue weighted by atomic mass is 10.2. The van der Waals surface area contributed by atoms with E-state index in [0.29, 0.717) is 6.67 Å². The lowest BCUT2D eigenvalue weighted by molar-refractivity contribution is 0.247. The number of carbonyl (C=O) groups excluding carboxylic acids is 1. The standard InChI is InChI=1S/C9H12N4O/c1-12-6-13(9(14)11-10)8-5-3-2-4-7(8)12/h2-5H,6,10H2,1H3,(H,11,14). The zero-order valence-corrected chi connectivity index (χ0v) is 7.90. The maximum Gasteiger partial charge on any atom is 0.337 e. The van der Waals surface area contributed by atoms with E-state index in [1.54, 1.807) is 4.90 Å². The highest BCUT2D eigenvalue weighted by molar-refractivity contribution is 5.98. The van der Waals surface area contributed by atoms with E-state index in [9.17, 15) is 4.79 Å². The van der Waals surface area contributed by atoms with Crippen LogP contribution in [0.3, 0.4) is 0 Å². The molecule has 0 unspecified atom stereocenters. The molecule has 1 aromatic rings. The first-order valence-corrected chi connectivity index (χ1v) is 4.32. The predicted molar refractivity (Wildman–Crippen MR) is 54.9 cm³/mol. The van der Waals surface area contributed by atoms with Crippen LogP contribution in [0.1, 0.15) is 0 Å². The quantitative estimate of drug-likeness (QED) is 0.357. The maximum atomic E-state index is 11.4. The minimum atomic E-state index is -0.290. The van der Waals surface area contributed by atoms with Crippen LogP contribution in [0.15, 0.2) is 24.3 Å². The lowest BCUT2D eigenvalue weighted by Crippen LogP contribution is -2.44. The number of urea groups is 1. The van der Waals surface area contributed by atoms with Gasteiger partial charge in [-0.3, -0.25) is 10.3 Å². The molecule has 0 saturated heterocycles. The molecule has 2 amide bonds. The van der Waals surface area contributed by atoms with Crippen LogP contribution < -0.4 is 21.1 Å². The number of para-hydroxylation sites is 2. The smallest absolute Gasteiger partial charge is 0.337 e. The summed E-state index contributed by atoms with van der Waals surface area (Å²) in [6, 6.07) is 7.42. The van der Waals surface area contributed by atoms with Crippen molar-refractivity contribution in [2.45, 2.75) is 0 Å². The van der Waals surface area contributed by atoms with Crippen LogP contribution in [0.4, 0.5) is 16.2 Å². The van der Waals surface area contributed by atoms with Crippen LogP contribution in [0, 0.1) is 0 Å². The van der Waals surface area contributed by atoms with Crippen LogP contribution in [0.25, 0.3) is 0 Å². The Morgan fingerprint density at radius 2 is 2.07 bits per heavy atom. The number of carbonyl (C=O) groups is 1. The van der Waals surface area contributed by atoms with Gasteiger partial charge >= 0.3 is 6.03 Å². The van der Waals surface area contributed by atoms with Gasteiger partial charge in [-0.25, -0.2) is 10.6 Å². The molecule has 5 nitrogen and oxygen atoms in total. The Hall–Kier alpha value is -1.75. The number of nitrogens with one attached hydrogen (secondary N) is 1. The Balaban J connectivity index is 2.39. The number of nitrogens with two attached hydrogens (primary N) is 1. The van der Waals surface area contributed by atoms with E-state index in [4.69, 9.17) is 5.84 Å². The Morgan fingerprint density at radius 1 is 1.43 bits per heavy atom. The molecule has 1 aliphatic rings. The van der Waals surface area contributed by atoms with E-state index in [-0.39, 0.29) is 6.03 Å². The fourth-order valence-corrected chi connectivity index (χ4v) is 1.63. The molecule has 0 fully saturated rings. The zero-order chi connectivity index (χ0) is 10.1. The van der Waals surface area contributed by atoms with Gasteiger partial charge in [0.05, 0.1) is 18.0 Å². The van der Waals surface area contributed by atoms with Gasteiger partial charge in [-0.15, -0.1) is 0 Å². The van der Waals surface area contributed by atoms with Crippen molar-refractivity contribution in [3.63, 3.8) is 0 Å². The van der Waals surface area contributed by atoms with Crippen molar-refractivity contribution in [1.82, 2.24) is 5.43 Å². The normalized spacial score (nSPS) is 14.1. The molecule has 3 N–H and O–H groups in total. The van der Waals surface area contributed by atoms with Gasteiger partial charge in [0.2, 0.25) is 0 Å². The third-order valence-electron chi connectivity index (χ3n) is 2.31. The largest absolute Gasteiger partial charge is 0.355 e. The molecule has 0 radical (unpaired) electrons. The lowest BCUT2D eigenvalue weighted by Gasteiger charge is -2.15. The Labute approximate surface area is 82.1 Å². The molecule has 1 aromatic carbocycles. The van der Waals surface area contributed by atoms with Crippen molar-refractivity contribution in [2.75, 3.05) is 23.5 Å². The van der Waals surface area contributed by atoms with Crippen molar-refractivity contribution in [1.29, 1.82) is 0 Å².